The number of likely N-dealkylation sites (N-methyl/N-ethyl adjacent to an activating group) is 2. The Bertz CT molecular complexity index is 293. The van der Waals surface area contributed by atoms with Crippen molar-refractivity contribution < 1.29 is 14.3 Å². The molecule has 0 aromatic heterocycles. The smallest absolute Gasteiger partial charge is 0.325 e. The number of nitrogens with zero attached hydrogens (tertiary/aromatic N) is 1. The van der Waals surface area contributed by atoms with Gasteiger partial charge in [0.05, 0.1) is 13.2 Å². The molecule has 0 aromatic carbocycles. The van der Waals surface area contributed by atoms with Crippen LogP contribution in [0.3, 0.4) is 0 Å². The van der Waals surface area contributed by atoms with E-state index in [1.807, 2.05) is 6.92 Å². The van der Waals surface area contributed by atoms with Crippen LogP contribution >= 0.6 is 0 Å². The van der Waals surface area contributed by atoms with Crippen molar-refractivity contribution in [1.29, 1.82) is 0 Å². The molecule has 1 heterocycles. The number of ether oxygens (including phenoxy) is 2. The fourth-order valence-corrected chi connectivity index (χ4v) is 2.67. The molecular formula is C15H30N2O3. The molecule has 0 saturated carbocycles. The van der Waals surface area contributed by atoms with Crippen LogP contribution in [0.1, 0.15) is 39.5 Å². The summed E-state index contributed by atoms with van der Waals surface area (Å²) in [6.45, 7) is 7.99. The van der Waals surface area contributed by atoms with Gasteiger partial charge in [0.15, 0.2) is 0 Å². The molecule has 1 aliphatic heterocycles. The van der Waals surface area contributed by atoms with Gasteiger partial charge in [0, 0.05) is 13.2 Å². The number of carbonyl (C=O) groups is 1. The van der Waals surface area contributed by atoms with Gasteiger partial charge in [-0.25, -0.2) is 0 Å². The molecule has 2 atom stereocenters. The third-order valence-corrected chi connectivity index (χ3v) is 4.27. The van der Waals surface area contributed by atoms with Gasteiger partial charge in [0.1, 0.15) is 5.54 Å². The Kier molecular flexibility index (Phi) is 7.48. The molecular weight excluding hydrogens is 256 g/mol. The van der Waals surface area contributed by atoms with Crippen LogP contribution in [0.5, 0.6) is 0 Å². The van der Waals surface area contributed by atoms with Gasteiger partial charge in [-0.1, -0.05) is 6.92 Å². The molecule has 20 heavy (non-hydrogen) atoms. The van der Waals surface area contributed by atoms with E-state index in [2.05, 4.69) is 17.1 Å². The van der Waals surface area contributed by atoms with Crippen LogP contribution in [0.2, 0.25) is 0 Å². The molecule has 1 saturated heterocycles. The Morgan fingerprint density at radius 1 is 1.55 bits per heavy atom. The number of carbonyl (C=O) groups excluding carboxylic acids is 1. The standard InChI is InChI=1S/C15H30N2O3/c1-5-17(12-13-8-6-11-20-13)10-7-9-15(2,16-3)14(18)19-4/h13,16H,5-12H2,1-4H3. The largest absolute Gasteiger partial charge is 0.468 e. The van der Waals surface area contributed by atoms with Crippen LogP contribution in [0.25, 0.3) is 0 Å². The van der Waals surface area contributed by atoms with E-state index in [1.54, 1.807) is 7.05 Å². The monoisotopic (exact) mass is 286 g/mol. The van der Waals surface area contributed by atoms with Crippen molar-refractivity contribution in [1.82, 2.24) is 10.2 Å². The summed E-state index contributed by atoms with van der Waals surface area (Å²) in [6, 6.07) is 0. The molecule has 1 N–H and O–H groups in total. The Balaban J connectivity index is 2.34. The van der Waals surface area contributed by atoms with E-state index >= 15 is 0 Å². The Morgan fingerprint density at radius 3 is 2.80 bits per heavy atom. The van der Waals surface area contributed by atoms with E-state index < -0.39 is 5.54 Å². The highest BCUT2D eigenvalue weighted by Crippen LogP contribution is 2.16. The second-order valence-electron chi connectivity index (χ2n) is 5.71. The number of methoxy groups -OCH3 is 1. The van der Waals surface area contributed by atoms with Crippen LogP contribution in [0, 0.1) is 0 Å². The first-order valence-corrected chi connectivity index (χ1v) is 7.67. The minimum Gasteiger partial charge on any atom is -0.468 e. The minimum absolute atomic E-state index is 0.192. The fourth-order valence-electron chi connectivity index (χ4n) is 2.67. The van der Waals surface area contributed by atoms with Gasteiger partial charge in [0.2, 0.25) is 0 Å². The quantitative estimate of drug-likeness (QED) is 0.650. The van der Waals surface area contributed by atoms with Gasteiger partial charge in [-0.2, -0.15) is 0 Å². The molecule has 0 aliphatic carbocycles. The van der Waals surface area contributed by atoms with E-state index in [0.717, 1.165) is 39.1 Å². The van der Waals surface area contributed by atoms with Crippen molar-refractivity contribution in [2.45, 2.75) is 51.2 Å². The van der Waals surface area contributed by atoms with E-state index in [4.69, 9.17) is 9.47 Å². The number of esters is 1. The summed E-state index contributed by atoms with van der Waals surface area (Å²) in [5.41, 5.74) is -0.585. The molecule has 5 nitrogen and oxygen atoms in total. The van der Waals surface area contributed by atoms with E-state index in [9.17, 15) is 4.79 Å². The topological polar surface area (TPSA) is 50.8 Å². The minimum atomic E-state index is -0.585. The molecule has 1 aliphatic rings. The maximum atomic E-state index is 11.8. The first kappa shape index (κ1) is 17.4. The number of nitrogens with one attached hydrogen (secondary N) is 1. The second kappa shape index (κ2) is 8.60. The normalized spacial score (nSPS) is 21.9. The van der Waals surface area contributed by atoms with Crippen LogP contribution in [-0.4, -0.2) is 62.9 Å². The molecule has 0 amide bonds. The average Bonchev–Trinajstić information content (AvgIpc) is 2.97. The molecule has 0 radical (unpaired) electrons. The molecule has 0 bridgehead atoms. The molecule has 0 aromatic rings. The predicted octanol–water partition coefficient (Wildman–Crippen LogP) is 1.42. The summed E-state index contributed by atoms with van der Waals surface area (Å²) in [5, 5.41) is 3.08. The average molecular weight is 286 g/mol. The predicted molar refractivity (Wildman–Crippen MR) is 79.8 cm³/mol. The summed E-state index contributed by atoms with van der Waals surface area (Å²) >= 11 is 0. The van der Waals surface area contributed by atoms with Gasteiger partial charge in [-0.3, -0.25) is 4.79 Å². The van der Waals surface area contributed by atoms with Crippen molar-refractivity contribution in [2.24, 2.45) is 0 Å². The van der Waals surface area contributed by atoms with Crippen molar-refractivity contribution >= 4 is 5.97 Å². The Morgan fingerprint density at radius 2 is 2.30 bits per heavy atom. The third kappa shape index (κ3) is 5.04. The van der Waals surface area contributed by atoms with Gasteiger partial charge in [-0.15, -0.1) is 0 Å². The molecule has 0 spiro atoms. The summed E-state index contributed by atoms with van der Waals surface area (Å²) in [4.78, 5) is 14.2. The lowest BCUT2D eigenvalue weighted by Gasteiger charge is -2.28. The second-order valence-corrected chi connectivity index (χ2v) is 5.71. The lowest BCUT2D eigenvalue weighted by Crippen LogP contribution is -2.48. The van der Waals surface area contributed by atoms with Gasteiger partial charge >= 0.3 is 5.97 Å². The maximum absolute atomic E-state index is 11.8. The summed E-state index contributed by atoms with van der Waals surface area (Å²) in [6.07, 6.45) is 4.49. The highest BCUT2D eigenvalue weighted by Gasteiger charge is 2.32. The van der Waals surface area contributed by atoms with Gasteiger partial charge < -0.3 is 19.7 Å². The number of rotatable bonds is 9. The third-order valence-electron chi connectivity index (χ3n) is 4.27. The van der Waals surface area contributed by atoms with Crippen LogP contribution in [-0.2, 0) is 14.3 Å². The van der Waals surface area contributed by atoms with E-state index in [-0.39, 0.29) is 5.97 Å². The molecule has 2 unspecified atom stereocenters. The van der Waals surface area contributed by atoms with Crippen molar-refractivity contribution in [3.63, 3.8) is 0 Å². The SMILES string of the molecule is CCN(CCCC(C)(NC)C(=O)OC)CC1CCCO1. The zero-order valence-electron chi connectivity index (χ0n) is 13.4. The van der Waals surface area contributed by atoms with Crippen LogP contribution in [0.4, 0.5) is 0 Å². The van der Waals surface area contributed by atoms with Crippen molar-refractivity contribution in [2.75, 3.05) is 40.4 Å². The summed E-state index contributed by atoms with van der Waals surface area (Å²) in [7, 11) is 3.24. The van der Waals surface area contributed by atoms with Crippen molar-refractivity contribution in [3.8, 4) is 0 Å². The van der Waals surface area contributed by atoms with E-state index in [0.29, 0.717) is 6.10 Å². The molecule has 5 heteroatoms. The van der Waals surface area contributed by atoms with E-state index in [1.165, 1.54) is 20.0 Å². The van der Waals surface area contributed by atoms with Crippen molar-refractivity contribution in [3.05, 3.63) is 0 Å². The summed E-state index contributed by atoms with van der Waals surface area (Å²) in [5.74, 6) is -0.192. The Labute approximate surface area is 123 Å². The summed E-state index contributed by atoms with van der Waals surface area (Å²) < 4.78 is 10.5. The zero-order chi connectivity index (χ0) is 15.0. The molecule has 118 valence electrons. The number of hydrogen-bond acceptors (Lipinski definition) is 5. The molecule has 1 fully saturated rings. The maximum Gasteiger partial charge on any atom is 0.325 e. The van der Waals surface area contributed by atoms with Crippen LogP contribution < -0.4 is 5.32 Å². The first-order chi connectivity index (χ1) is 9.55. The zero-order valence-corrected chi connectivity index (χ0v) is 13.4. The van der Waals surface area contributed by atoms with Gasteiger partial charge in [-0.05, 0) is 52.7 Å². The van der Waals surface area contributed by atoms with Gasteiger partial charge in [0.25, 0.3) is 0 Å². The Hall–Kier alpha value is -0.650. The lowest BCUT2D eigenvalue weighted by molar-refractivity contribution is -0.148. The molecule has 1 rings (SSSR count). The highest BCUT2D eigenvalue weighted by atomic mass is 16.5. The number of hydrogen-bond donors (Lipinski definition) is 1. The first-order valence-electron chi connectivity index (χ1n) is 7.67. The van der Waals surface area contributed by atoms with Crippen LogP contribution in [0.15, 0.2) is 0 Å². The highest BCUT2D eigenvalue weighted by molar-refractivity contribution is 5.80. The lowest BCUT2D eigenvalue weighted by atomic mass is 9.96. The fraction of sp³-hybridized carbons (Fsp3) is 0.933.